The normalized spacial score (nSPS) is 17.5. The molecule has 2 heterocycles. The first-order chi connectivity index (χ1) is 14.3. The monoisotopic (exact) mass is 432 g/mol. The van der Waals surface area contributed by atoms with Crippen molar-refractivity contribution < 1.29 is 9.18 Å². The van der Waals surface area contributed by atoms with Gasteiger partial charge >= 0.3 is 0 Å². The highest BCUT2D eigenvalue weighted by Gasteiger charge is 2.27. The highest BCUT2D eigenvalue weighted by atomic mass is 32.1. The molecule has 30 heavy (non-hydrogen) atoms. The summed E-state index contributed by atoms with van der Waals surface area (Å²) in [5, 5.41) is 0.928. The van der Waals surface area contributed by atoms with Crippen molar-refractivity contribution in [3.8, 4) is 0 Å². The fourth-order valence-corrected chi connectivity index (χ4v) is 4.98. The molecule has 2 aromatic rings. The minimum absolute atomic E-state index is 0.0891. The van der Waals surface area contributed by atoms with Crippen molar-refractivity contribution in [1.82, 2.24) is 19.7 Å². The van der Waals surface area contributed by atoms with E-state index in [0.717, 1.165) is 60.2 Å². The van der Waals surface area contributed by atoms with E-state index in [2.05, 4.69) is 14.8 Å². The minimum atomic E-state index is -0.140. The highest BCUT2D eigenvalue weighted by molar-refractivity contribution is 7.13. The summed E-state index contributed by atoms with van der Waals surface area (Å²) >= 11 is 1.48. The number of aryl methyl sites for hydroxylation is 2. The minimum Gasteiger partial charge on any atom is -0.336 e. The predicted molar refractivity (Wildman–Crippen MR) is 120 cm³/mol. The first-order valence-corrected chi connectivity index (χ1v) is 11.5. The smallest absolute Gasteiger partial charge is 0.265 e. The van der Waals surface area contributed by atoms with Gasteiger partial charge in [-0.05, 0) is 59.3 Å². The number of rotatable bonds is 8. The Morgan fingerprint density at radius 3 is 2.70 bits per heavy atom. The third-order valence-corrected chi connectivity index (χ3v) is 6.70. The van der Waals surface area contributed by atoms with E-state index in [1.807, 2.05) is 45.0 Å². The number of carbonyl (C=O) groups excluding carboxylic acids is 1. The molecule has 1 aliphatic rings. The lowest BCUT2D eigenvalue weighted by Crippen LogP contribution is -2.44. The number of amides is 1. The Balaban J connectivity index is 1.67. The lowest BCUT2D eigenvalue weighted by atomic mass is 9.96. The summed E-state index contributed by atoms with van der Waals surface area (Å²) in [4.78, 5) is 24.9. The number of nitrogens with zero attached hydrogens (tertiary/aromatic N) is 4. The molecule has 0 N–H and O–H groups in total. The number of hydrogen-bond acceptors (Lipinski definition) is 5. The number of carbonyl (C=O) groups is 1. The number of halogens is 1. The average Bonchev–Trinajstić information content (AvgIpc) is 3.04. The summed E-state index contributed by atoms with van der Waals surface area (Å²) in [6.07, 6.45) is 2.17. The van der Waals surface area contributed by atoms with Gasteiger partial charge in [-0.25, -0.2) is 9.37 Å². The third kappa shape index (κ3) is 6.09. The molecule has 3 rings (SSSR count). The summed E-state index contributed by atoms with van der Waals surface area (Å²) in [5.74, 6) is 0.343. The van der Waals surface area contributed by atoms with Gasteiger partial charge in [0, 0.05) is 38.3 Å². The van der Waals surface area contributed by atoms with E-state index in [4.69, 9.17) is 0 Å². The van der Waals surface area contributed by atoms with E-state index in [1.165, 1.54) is 17.4 Å². The molecule has 1 unspecified atom stereocenters. The van der Waals surface area contributed by atoms with E-state index < -0.39 is 0 Å². The first-order valence-electron chi connectivity index (χ1n) is 10.7. The van der Waals surface area contributed by atoms with Crippen LogP contribution >= 0.6 is 11.3 Å². The van der Waals surface area contributed by atoms with Gasteiger partial charge in [0.15, 0.2) is 0 Å². The highest BCUT2D eigenvalue weighted by Crippen LogP contribution is 2.24. The van der Waals surface area contributed by atoms with Crippen LogP contribution in [-0.4, -0.2) is 72.4 Å². The van der Waals surface area contributed by atoms with Crippen molar-refractivity contribution in [2.75, 3.05) is 46.8 Å². The van der Waals surface area contributed by atoms with Gasteiger partial charge in [0.25, 0.3) is 5.91 Å². The molecule has 0 aliphatic carbocycles. The van der Waals surface area contributed by atoms with E-state index >= 15 is 0 Å². The molecular weight excluding hydrogens is 399 g/mol. The molecule has 0 bridgehead atoms. The number of hydrogen-bond donors (Lipinski definition) is 0. The zero-order chi connectivity index (χ0) is 21.7. The van der Waals surface area contributed by atoms with Crippen molar-refractivity contribution in [2.45, 2.75) is 33.2 Å². The second-order valence-electron chi connectivity index (χ2n) is 8.54. The van der Waals surface area contributed by atoms with Crippen LogP contribution in [0.15, 0.2) is 24.3 Å². The standard InChI is InChI=1S/C23H33FN4OS/c1-17-22(30-18(2)25-17)23(29)28(13-12-26(3)4)15-19-8-7-11-27(14-19)16-20-9-5-6-10-21(20)24/h5-6,9-10,19H,7-8,11-16H2,1-4H3. The molecule has 7 heteroatoms. The Morgan fingerprint density at radius 1 is 1.27 bits per heavy atom. The lowest BCUT2D eigenvalue weighted by Gasteiger charge is -2.36. The first kappa shape index (κ1) is 22.8. The largest absolute Gasteiger partial charge is 0.336 e. The molecule has 1 saturated heterocycles. The molecule has 1 aromatic heterocycles. The number of aromatic nitrogens is 1. The molecular formula is C23H33FN4OS. The van der Waals surface area contributed by atoms with Gasteiger partial charge in [0.05, 0.1) is 10.7 Å². The van der Waals surface area contributed by atoms with Crippen molar-refractivity contribution in [3.63, 3.8) is 0 Å². The van der Waals surface area contributed by atoms with E-state index in [0.29, 0.717) is 19.0 Å². The zero-order valence-corrected chi connectivity index (χ0v) is 19.3. The lowest BCUT2D eigenvalue weighted by molar-refractivity contribution is 0.0664. The van der Waals surface area contributed by atoms with Crippen LogP contribution in [0.1, 0.15) is 38.8 Å². The van der Waals surface area contributed by atoms with Crippen molar-refractivity contribution in [1.29, 1.82) is 0 Å². The van der Waals surface area contributed by atoms with Crippen LogP contribution in [0.3, 0.4) is 0 Å². The van der Waals surface area contributed by atoms with Crippen molar-refractivity contribution in [3.05, 3.63) is 51.2 Å². The van der Waals surface area contributed by atoms with Gasteiger partial charge in [-0.15, -0.1) is 11.3 Å². The number of benzene rings is 1. The Labute approximate surface area is 183 Å². The molecule has 1 aliphatic heterocycles. The molecule has 1 amide bonds. The van der Waals surface area contributed by atoms with E-state index in [1.54, 1.807) is 6.07 Å². The van der Waals surface area contributed by atoms with Crippen LogP contribution in [0, 0.1) is 25.6 Å². The van der Waals surface area contributed by atoms with E-state index in [-0.39, 0.29) is 11.7 Å². The Bertz CT molecular complexity index is 853. The third-order valence-electron chi connectivity index (χ3n) is 5.64. The van der Waals surface area contributed by atoms with Crippen LogP contribution in [0.4, 0.5) is 4.39 Å². The second-order valence-corrected chi connectivity index (χ2v) is 9.74. The van der Waals surface area contributed by atoms with Crippen molar-refractivity contribution in [2.24, 2.45) is 5.92 Å². The predicted octanol–water partition coefficient (Wildman–Crippen LogP) is 3.82. The van der Waals surface area contributed by atoms with E-state index in [9.17, 15) is 9.18 Å². The maximum Gasteiger partial charge on any atom is 0.265 e. The molecule has 0 spiro atoms. The van der Waals surface area contributed by atoms with Gasteiger partial charge in [-0.1, -0.05) is 18.2 Å². The van der Waals surface area contributed by atoms with Crippen LogP contribution in [0.2, 0.25) is 0 Å². The maximum atomic E-state index is 14.1. The quantitative estimate of drug-likeness (QED) is 0.636. The van der Waals surface area contributed by atoms with Gasteiger partial charge in [-0.3, -0.25) is 9.69 Å². The van der Waals surface area contributed by atoms with Crippen LogP contribution in [0.5, 0.6) is 0 Å². The van der Waals surface area contributed by atoms with Crippen LogP contribution in [0.25, 0.3) is 0 Å². The fourth-order valence-electron chi connectivity index (χ4n) is 4.09. The topological polar surface area (TPSA) is 39.7 Å². The summed E-state index contributed by atoms with van der Waals surface area (Å²) in [6.45, 7) is 8.61. The van der Waals surface area contributed by atoms with Crippen molar-refractivity contribution >= 4 is 17.2 Å². The van der Waals surface area contributed by atoms with Gasteiger partial charge in [0.2, 0.25) is 0 Å². The molecule has 164 valence electrons. The summed E-state index contributed by atoms with van der Waals surface area (Å²) in [6, 6.07) is 7.01. The Kier molecular flexibility index (Phi) is 7.97. The number of likely N-dealkylation sites (N-methyl/N-ethyl adjacent to an activating group) is 1. The molecule has 1 atom stereocenters. The summed E-state index contributed by atoms with van der Waals surface area (Å²) in [7, 11) is 4.06. The fraction of sp³-hybridized carbons (Fsp3) is 0.565. The molecule has 0 radical (unpaired) electrons. The van der Waals surface area contributed by atoms with Gasteiger partial charge in [-0.2, -0.15) is 0 Å². The Morgan fingerprint density at radius 2 is 2.03 bits per heavy atom. The molecule has 1 fully saturated rings. The average molecular weight is 433 g/mol. The summed E-state index contributed by atoms with van der Waals surface area (Å²) in [5.41, 5.74) is 1.57. The number of likely N-dealkylation sites (tertiary alicyclic amines) is 1. The Hall–Kier alpha value is -1.83. The second kappa shape index (κ2) is 10.5. The van der Waals surface area contributed by atoms with Crippen LogP contribution < -0.4 is 0 Å². The molecule has 0 saturated carbocycles. The number of thiazole rings is 1. The summed E-state index contributed by atoms with van der Waals surface area (Å²) < 4.78 is 14.1. The van der Waals surface area contributed by atoms with Gasteiger partial charge < -0.3 is 9.80 Å². The molecule has 5 nitrogen and oxygen atoms in total. The maximum absolute atomic E-state index is 14.1. The van der Waals surface area contributed by atoms with Crippen LogP contribution in [-0.2, 0) is 6.54 Å². The van der Waals surface area contributed by atoms with Gasteiger partial charge in [0.1, 0.15) is 10.7 Å². The zero-order valence-electron chi connectivity index (χ0n) is 18.5. The SMILES string of the molecule is Cc1nc(C)c(C(=O)N(CCN(C)C)CC2CCCN(Cc3ccccc3F)C2)s1. The molecule has 1 aromatic carbocycles. The number of piperidine rings is 1.